The van der Waals surface area contributed by atoms with Crippen LogP contribution in [0.5, 0.6) is 0 Å². The number of hydrogen-bond acceptors (Lipinski definition) is 6. The quantitative estimate of drug-likeness (QED) is 0.474. The van der Waals surface area contributed by atoms with Crippen molar-refractivity contribution in [1.29, 1.82) is 0 Å². The Balaban J connectivity index is 1.72. The van der Waals surface area contributed by atoms with Crippen molar-refractivity contribution in [3.8, 4) is 0 Å². The molecule has 0 aliphatic carbocycles. The van der Waals surface area contributed by atoms with Gasteiger partial charge in [-0.3, -0.25) is 9.59 Å². The normalized spacial score (nSPS) is 19.0. The van der Waals surface area contributed by atoms with Gasteiger partial charge in [-0.1, -0.05) is 18.2 Å². The first-order chi connectivity index (χ1) is 14.7. The van der Waals surface area contributed by atoms with E-state index in [0.29, 0.717) is 16.6 Å². The number of fused-ring (bicyclic) bond motifs is 1. The molecule has 4 rings (SSSR count). The maximum absolute atomic E-state index is 12.9. The largest absolute Gasteiger partial charge is 0.478 e. The topological polar surface area (TPSA) is 123 Å². The fraction of sp³-hybridized carbons (Fsp3) is 0.190. The van der Waals surface area contributed by atoms with Crippen LogP contribution in [0.2, 0.25) is 0 Å². The van der Waals surface area contributed by atoms with Crippen molar-refractivity contribution in [1.82, 2.24) is 3.97 Å². The minimum absolute atomic E-state index is 0.0347. The van der Waals surface area contributed by atoms with E-state index in [1.54, 1.807) is 36.4 Å². The van der Waals surface area contributed by atoms with Gasteiger partial charge in [-0.25, -0.2) is 17.2 Å². The lowest BCUT2D eigenvalue weighted by Gasteiger charge is -2.23. The molecule has 1 aromatic heterocycles. The van der Waals surface area contributed by atoms with Gasteiger partial charge in [0.25, 0.3) is 21.5 Å². The molecule has 1 aliphatic rings. The van der Waals surface area contributed by atoms with Gasteiger partial charge in [0.1, 0.15) is 0 Å². The van der Waals surface area contributed by atoms with Crippen molar-refractivity contribution < 1.29 is 32.6 Å². The van der Waals surface area contributed by atoms with Crippen LogP contribution in [-0.2, 0) is 29.1 Å². The highest BCUT2D eigenvalue weighted by Gasteiger charge is 2.56. The van der Waals surface area contributed by atoms with E-state index in [0.717, 1.165) is 10.9 Å². The van der Waals surface area contributed by atoms with Gasteiger partial charge >= 0.3 is 11.9 Å². The lowest BCUT2D eigenvalue weighted by Crippen LogP contribution is -2.50. The average Bonchev–Trinajstić information content (AvgIpc) is 3.30. The molecule has 0 bridgehead atoms. The summed E-state index contributed by atoms with van der Waals surface area (Å²) in [5.41, 5.74) is -1.48. The Morgan fingerprint density at radius 2 is 1.81 bits per heavy atom. The summed E-state index contributed by atoms with van der Waals surface area (Å²) < 4.78 is 31.9. The molecule has 2 aromatic carbocycles. The Morgan fingerprint density at radius 3 is 2.45 bits per heavy atom. The van der Waals surface area contributed by atoms with E-state index in [-0.39, 0.29) is 17.9 Å². The molecule has 1 unspecified atom stereocenters. The Hall–Kier alpha value is -3.66. The Bertz CT molecular complexity index is 1310. The third kappa shape index (κ3) is 3.25. The molecule has 1 fully saturated rings. The number of ether oxygens (including phenoxy) is 1. The molecular formula is C21H18N2O7S. The number of carbonyl (C=O) groups excluding carboxylic acids is 2. The second-order valence-corrected chi connectivity index (χ2v) is 8.92. The number of esters is 1. The standard InChI is InChI=1S/C21H18N2O7S/c1-14(24)30-21(20(26)27)10-12-22(19(21)25)16-7-8-18-15(13-16)9-11-23(18)31(28,29)17-5-3-2-4-6-17/h2-9,11,13H,10,12H2,1H3,(H,26,27). The van der Waals surface area contributed by atoms with E-state index < -0.39 is 33.5 Å². The van der Waals surface area contributed by atoms with Gasteiger partial charge in [-0.2, -0.15) is 0 Å². The molecule has 1 amide bonds. The third-order valence-corrected chi connectivity index (χ3v) is 6.90. The molecular weight excluding hydrogens is 424 g/mol. The number of anilines is 1. The zero-order valence-corrected chi connectivity index (χ0v) is 17.2. The van der Waals surface area contributed by atoms with Crippen molar-refractivity contribution in [3.05, 3.63) is 60.8 Å². The van der Waals surface area contributed by atoms with Gasteiger partial charge in [-0.05, 0) is 36.4 Å². The van der Waals surface area contributed by atoms with E-state index in [2.05, 4.69) is 0 Å². The van der Waals surface area contributed by atoms with E-state index >= 15 is 0 Å². The molecule has 0 radical (unpaired) electrons. The summed E-state index contributed by atoms with van der Waals surface area (Å²) in [4.78, 5) is 37.3. The molecule has 10 heteroatoms. The first kappa shape index (κ1) is 20.6. The number of benzene rings is 2. The van der Waals surface area contributed by atoms with Crippen molar-refractivity contribution in [2.45, 2.75) is 23.8 Å². The fourth-order valence-corrected chi connectivity index (χ4v) is 5.09. The van der Waals surface area contributed by atoms with Crippen molar-refractivity contribution in [2.24, 2.45) is 0 Å². The highest BCUT2D eigenvalue weighted by molar-refractivity contribution is 7.90. The van der Waals surface area contributed by atoms with Crippen LogP contribution >= 0.6 is 0 Å². The number of nitrogens with zero attached hydrogens (tertiary/aromatic N) is 2. The van der Waals surface area contributed by atoms with Crippen molar-refractivity contribution in [3.63, 3.8) is 0 Å². The van der Waals surface area contributed by atoms with Gasteiger partial charge < -0.3 is 14.7 Å². The number of amides is 1. The van der Waals surface area contributed by atoms with Gasteiger partial charge in [0.2, 0.25) is 0 Å². The first-order valence-corrected chi connectivity index (χ1v) is 10.8. The number of carboxylic acids is 1. The van der Waals surface area contributed by atoms with Crippen LogP contribution in [0.4, 0.5) is 5.69 Å². The summed E-state index contributed by atoms with van der Waals surface area (Å²) in [5.74, 6) is -3.25. The lowest BCUT2D eigenvalue weighted by molar-refractivity contribution is -0.179. The molecule has 1 saturated heterocycles. The monoisotopic (exact) mass is 442 g/mol. The summed E-state index contributed by atoms with van der Waals surface area (Å²) in [6, 6.07) is 14.2. The second kappa shape index (κ2) is 7.24. The highest BCUT2D eigenvalue weighted by Crippen LogP contribution is 2.34. The number of hydrogen-bond donors (Lipinski definition) is 1. The number of carboxylic acid groups (broad SMARTS) is 1. The summed E-state index contributed by atoms with van der Waals surface area (Å²) in [5, 5.41) is 10.1. The summed E-state index contributed by atoms with van der Waals surface area (Å²) in [6.45, 7) is 1.08. The van der Waals surface area contributed by atoms with Crippen LogP contribution in [0.1, 0.15) is 13.3 Å². The molecule has 9 nitrogen and oxygen atoms in total. The van der Waals surface area contributed by atoms with E-state index in [4.69, 9.17) is 4.74 Å². The van der Waals surface area contributed by atoms with Crippen LogP contribution in [0, 0.1) is 0 Å². The second-order valence-electron chi connectivity index (χ2n) is 7.11. The zero-order valence-electron chi connectivity index (χ0n) is 16.4. The molecule has 1 aliphatic heterocycles. The molecule has 0 spiro atoms. The summed E-state index contributed by atoms with van der Waals surface area (Å²) in [6.07, 6.45) is 1.23. The van der Waals surface area contributed by atoms with Crippen LogP contribution < -0.4 is 4.90 Å². The zero-order chi connectivity index (χ0) is 22.4. The predicted molar refractivity (Wildman–Crippen MR) is 110 cm³/mol. The fourth-order valence-electron chi connectivity index (χ4n) is 3.71. The molecule has 31 heavy (non-hydrogen) atoms. The number of aliphatic carboxylic acids is 1. The molecule has 2 heterocycles. The molecule has 160 valence electrons. The summed E-state index contributed by atoms with van der Waals surface area (Å²) in [7, 11) is -3.81. The van der Waals surface area contributed by atoms with Crippen LogP contribution in [-0.4, -0.2) is 47.5 Å². The lowest BCUT2D eigenvalue weighted by atomic mass is 10.0. The number of carbonyl (C=O) groups is 3. The van der Waals surface area contributed by atoms with Crippen LogP contribution in [0.3, 0.4) is 0 Å². The minimum Gasteiger partial charge on any atom is -0.478 e. The smallest absolute Gasteiger partial charge is 0.358 e. The van der Waals surface area contributed by atoms with Gasteiger partial charge in [-0.15, -0.1) is 0 Å². The molecule has 1 atom stereocenters. The Morgan fingerprint density at radius 1 is 1.10 bits per heavy atom. The number of aromatic nitrogens is 1. The SMILES string of the molecule is CC(=O)OC1(C(=O)O)CCN(c2ccc3c(ccn3S(=O)(=O)c3ccccc3)c2)C1=O. The predicted octanol–water partition coefficient (Wildman–Crippen LogP) is 2.00. The molecule has 3 aromatic rings. The molecule has 0 saturated carbocycles. The minimum atomic E-state index is -3.81. The number of rotatable bonds is 5. The van der Waals surface area contributed by atoms with Crippen LogP contribution in [0.25, 0.3) is 10.9 Å². The first-order valence-electron chi connectivity index (χ1n) is 9.33. The Kier molecular flexibility index (Phi) is 4.81. The van der Waals surface area contributed by atoms with Crippen LogP contribution in [0.15, 0.2) is 65.7 Å². The van der Waals surface area contributed by atoms with E-state index in [1.165, 1.54) is 29.3 Å². The van der Waals surface area contributed by atoms with E-state index in [1.807, 2.05) is 0 Å². The van der Waals surface area contributed by atoms with Gasteiger partial charge in [0.15, 0.2) is 0 Å². The van der Waals surface area contributed by atoms with Gasteiger partial charge in [0.05, 0.1) is 10.4 Å². The maximum atomic E-state index is 12.9. The van der Waals surface area contributed by atoms with Crippen molar-refractivity contribution in [2.75, 3.05) is 11.4 Å². The maximum Gasteiger partial charge on any atom is 0.358 e. The highest BCUT2D eigenvalue weighted by atomic mass is 32.2. The van der Waals surface area contributed by atoms with Crippen molar-refractivity contribution >= 4 is 44.5 Å². The van der Waals surface area contributed by atoms with E-state index in [9.17, 15) is 27.9 Å². The van der Waals surface area contributed by atoms with Gasteiger partial charge in [0, 0.05) is 37.2 Å². The third-order valence-electron chi connectivity index (χ3n) is 5.19. The average molecular weight is 442 g/mol. The summed E-state index contributed by atoms with van der Waals surface area (Å²) >= 11 is 0. The Labute approximate surface area is 177 Å². The molecule has 1 N–H and O–H groups in total.